The molecule has 0 spiro atoms. The third kappa shape index (κ3) is 5.18. The number of ether oxygens (including phenoxy) is 2. The van der Waals surface area contributed by atoms with E-state index < -0.39 is 0 Å². The molecule has 2 aliphatic heterocycles. The average molecular weight is 326 g/mol. The number of piperidine rings is 1. The van der Waals surface area contributed by atoms with Crippen molar-refractivity contribution in [3.63, 3.8) is 0 Å². The van der Waals surface area contributed by atoms with E-state index in [9.17, 15) is 9.59 Å². The van der Waals surface area contributed by atoms with Crippen LogP contribution in [0.2, 0.25) is 0 Å². The lowest BCUT2D eigenvalue weighted by atomic mass is 9.93. The second-order valence-electron chi connectivity index (χ2n) is 7.06. The Balaban J connectivity index is 1.68. The fourth-order valence-electron chi connectivity index (χ4n) is 3.05. The van der Waals surface area contributed by atoms with Crippen LogP contribution < -0.4 is 0 Å². The van der Waals surface area contributed by atoms with Crippen molar-refractivity contribution in [2.45, 2.75) is 58.8 Å². The monoisotopic (exact) mass is 326 g/mol. The molecule has 2 aliphatic rings. The molecule has 0 aromatic heterocycles. The number of amides is 2. The number of likely N-dealkylation sites (tertiary alicyclic amines) is 2. The predicted molar refractivity (Wildman–Crippen MR) is 87.0 cm³/mol. The first-order chi connectivity index (χ1) is 10.9. The van der Waals surface area contributed by atoms with Gasteiger partial charge in [-0.25, -0.2) is 0 Å². The summed E-state index contributed by atoms with van der Waals surface area (Å²) in [6, 6.07) is 0. The second kappa shape index (κ2) is 8.11. The van der Waals surface area contributed by atoms with Gasteiger partial charge >= 0.3 is 0 Å². The van der Waals surface area contributed by atoms with Crippen molar-refractivity contribution in [1.29, 1.82) is 0 Å². The summed E-state index contributed by atoms with van der Waals surface area (Å²) >= 11 is 0. The highest BCUT2D eigenvalue weighted by Gasteiger charge is 2.37. The van der Waals surface area contributed by atoms with Crippen molar-refractivity contribution in [2.75, 3.05) is 32.8 Å². The number of hydrogen-bond donors (Lipinski definition) is 0. The first-order valence-corrected chi connectivity index (χ1v) is 8.70. The highest BCUT2D eigenvalue weighted by Crippen LogP contribution is 2.23. The Labute approximate surface area is 139 Å². The zero-order chi connectivity index (χ0) is 17.0. The maximum atomic E-state index is 12.4. The molecule has 6 nitrogen and oxygen atoms in total. The van der Waals surface area contributed by atoms with E-state index in [0.717, 1.165) is 12.8 Å². The number of nitrogens with zero attached hydrogens (tertiary/aromatic N) is 2. The third-order valence-corrected chi connectivity index (χ3v) is 4.36. The van der Waals surface area contributed by atoms with E-state index in [1.54, 1.807) is 0 Å². The predicted octanol–water partition coefficient (Wildman–Crippen LogP) is 1.29. The Morgan fingerprint density at radius 3 is 2.13 bits per heavy atom. The molecule has 2 saturated heterocycles. The van der Waals surface area contributed by atoms with Crippen LogP contribution in [0, 0.1) is 5.92 Å². The molecule has 0 radical (unpaired) electrons. The Kier molecular flexibility index (Phi) is 6.41. The van der Waals surface area contributed by atoms with Gasteiger partial charge in [-0.2, -0.15) is 0 Å². The molecule has 0 bridgehead atoms. The van der Waals surface area contributed by atoms with Crippen LogP contribution >= 0.6 is 0 Å². The molecule has 2 heterocycles. The molecule has 0 aromatic carbocycles. The van der Waals surface area contributed by atoms with Gasteiger partial charge in [0.05, 0.1) is 18.3 Å². The molecule has 2 rings (SSSR count). The molecular formula is C17H30N2O4. The van der Waals surface area contributed by atoms with Gasteiger partial charge in [-0.15, -0.1) is 0 Å². The highest BCUT2D eigenvalue weighted by molar-refractivity contribution is 5.81. The van der Waals surface area contributed by atoms with Gasteiger partial charge in [0.15, 0.2) is 0 Å². The van der Waals surface area contributed by atoms with E-state index in [1.807, 2.05) is 37.5 Å². The van der Waals surface area contributed by atoms with Crippen LogP contribution in [0.4, 0.5) is 0 Å². The third-order valence-electron chi connectivity index (χ3n) is 4.36. The molecule has 0 unspecified atom stereocenters. The minimum Gasteiger partial charge on any atom is -0.372 e. The molecule has 0 N–H and O–H groups in total. The molecule has 2 amide bonds. The standard InChI is InChI=1S/C17H30N2O4/c1-12(2)22-11-16(20)18-7-5-14(6-8-18)17(21)19-9-15(10-19)23-13(3)4/h12-15H,5-11H2,1-4H3. The van der Waals surface area contributed by atoms with E-state index in [-0.39, 0.29) is 42.7 Å². The first-order valence-electron chi connectivity index (χ1n) is 8.70. The second-order valence-corrected chi connectivity index (χ2v) is 7.06. The summed E-state index contributed by atoms with van der Waals surface area (Å²) in [7, 11) is 0. The summed E-state index contributed by atoms with van der Waals surface area (Å²) in [5.74, 6) is 0.295. The minimum atomic E-state index is 0.0268. The first kappa shape index (κ1) is 18.2. The van der Waals surface area contributed by atoms with Crippen molar-refractivity contribution >= 4 is 11.8 Å². The van der Waals surface area contributed by atoms with Gasteiger partial charge in [-0.05, 0) is 40.5 Å². The van der Waals surface area contributed by atoms with Crippen molar-refractivity contribution in [2.24, 2.45) is 5.92 Å². The SMILES string of the molecule is CC(C)OCC(=O)N1CCC(C(=O)N2CC(OC(C)C)C2)CC1. The van der Waals surface area contributed by atoms with Gasteiger partial charge < -0.3 is 19.3 Å². The fraction of sp³-hybridized carbons (Fsp3) is 0.882. The lowest BCUT2D eigenvalue weighted by molar-refractivity contribution is -0.155. The maximum Gasteiger partial charge on any atom is 0.248 e. The van der Waals surface area contributed by atoms with Crippen molar-refractivity contribution < 1.29 is 19.1 Å². The normalized spacial score (nSPS) is 20.3. The van der Waals surface area contributed by atoms with Crippen LogP contribution in [0.5, 0.6) is 0 Å². The quantitative estimate of drug-likeness (QED) is 0.738. The van der Waals surface area contributed by atoms with E-state index in [1.165, 1.54) is 0 Å². The van der Waals surface area contributed by atoms with Gasteiger partial charge in [0.2, 0.25) is 11.8 Å². The highest BCUT2D eigenvalue weighted by atomic mass is 16.5. The van der Waals surface area contributed by atoms with Gasteiger partial charge in [0.1, 0.15) is 6.61 Å². The van der Waals surface area contributed by atoms with Crippen molar-refractivity contribution in [3.8, 4) is 0 Å². The van der Waals surface area contributed by atoms with E-state index >= 15 is 0 Å². The van der Waals surface area contributed by atoms with E-state index in [4.69, 9.17) is 9.47 Å². The molecule has 0 aliphatic carbocycles. The summed E-state index contributed by atoms with van der Waals surface area (Å²) in [5, 5.41) is 0. The Hall–Kier alpha value is -1.14. The molecule has 0 saturated carbocycles. The van der Waals surface area contributed by atoms with E-state index in [2.05, 4.69) is 0 Å². The van der Waals surface area contributed by atoms with Gasteiger partial charge in [-0.3, -0.25) is 9.59 Å². The fourth-order valence-corrected chi connectivity index (χ4v) is 3.05. The molecule has 2 fully saturated rings. The summed E-state index contributed by atoms with van der Waals surface area (Å²) in [6.07, 6.45) is 1.95. The van der Waals surface area contributed by atoms with Crippen LogP contribution in [-0.2, 0) is 19.1 Å². The smallest absolute Gasteiger partial charge is 0.248 e. The van der Waals surface area contributed by atoms with Crippen LogP contribution in [-0.4, -0.2) is 72.7 Å². The van der Waals surface area contributed by atoms with Crippen molar-refractivity contribution in [1.82, 2.24) is 9.80 Å². The summed E-state index contributed by atoms with van der Waals surface area (Å²) in [6.45, 7) is 10.7. The van der Waals surface area contributed by atoms with Gasteiger partial charge in [0.25, 0.3) is 0 Å². The lowest BCUT2D eigenvalue weighted by Crippen LogP contribution is -2.57. The largest absolute Gasteiger partial charge is 0.372 e. The minimum absolute atomic E-state index is 0.0268. The molecule has 23 heavy (non-hydrogen) atoms. The Morgan fingerprint density at radius 1 is 1.00 bits per heavy atom. The molecule has 132 valence electrons. The van der Waals surface area contributed by atoms with Crippen LogP contribution in [0.3, 0.4) is 0 Å². The summed E-state index contributed by atoms with van der Waals surface area (Å²) in [5.41, 5.74) is 0. The summed E-state index contributed by atoms with van der Waals surface area (Å²) < 4.78 is 11.0. The molecular weight excluding hydrogens is 296 g/mol. The number of hydrogen-bond acceptors (Lipinski definition) is 4. The zero-order valence-corrected chi connectivity index (χ0v) is 14.8. The van der Waals surface area contributed by atoms with Gasteiger partial charge in [-0.1, -0.05) is 0 Å². The van der Waals surface area contributed by atoms with Gasteiger partial charge in [0, 0.05) is 32.1 Å². The van der Waals surface area contributed by atoms with Crippen molar-refractivity contribution in [3.05, 3.63) is 0 Å². The number of carbonyl (C=O) groups is 2. The Morgan fingerprint density at radius 2 is 1.61 bits per heavy atom. The molecule has 0 atom stereocenters. The number of carbonyl (C=O) groups excluding carboxylic acids is 2. The average Bonchev–Trinajstić information content (AvgIpc) is 2.47. The number of rotatable bonds is 6. The Bertz CT molecular complexity index is 411. The van der Waals surface area contributed by atoms with Crippen LogP contribution in [0.15, 0.2) is 0 Å². The van der Waals surface area contributed by atoms with Crippen LogP contribution in [0.25, 0.3) is 0 Å². The topological polar surface area (TPSA) is 59.1 Å². The van der Waals surface area contributed by atoms with E-state index in [0.29, 0.717) is 26.2 Å². The van der Waals surface area contributed by atoms with Crippen LogP contribution in [0.1, 0.15) is 40.5 Å². The zero-order valence-electron chi connectivity index (χ0n) is 14.8. The summed E-state index contributed by atoms with van der Waals surface area (Å²) in [4.78, 5) is 28.2. The molecule has 0 aromatic rings. The lowest BCUT2D eigenvalue weighted by Gasteiger charge is -2.42. The molecule has 6 heteroatoms. The maximum absolute atomic E-state index is 12.4.